The Kier molecular flexibility index (Phi) is 10.6. The van der Waals surface area contributed by atoms with Crippen LogP contribution in [0, 0.1) is 11.8 Å². The maximum Gasteiger partial charge on any atom is 0.240 e. The summed E-state index contributed by atoms with van der Waals surface area (Å²) in [4.78, 5) is 4.52. The highest BCUT2D eigenvalue weighted by Crippen LogP contribution is 2.30. The number of rotatable bonds is 7. The largest absolute Gasteiger partial charge is 0.356 e. The maximum atomic E-state index is 11.9. The van der Waals surface area contributed by atoms with E-state index in [1.165, 1.54) is 39.2 Å². The molecule has 6 nitrogen and oxygen atoms in total. The topological polar surface area (TPSA) is 82.6 Å². The predicted octanol–water partition coefficient (Wildman–Crippen LogP) is 3.09. The van der Waals surface area contributed by atoms with E-state index in [9.17, 15) is 8.42 Å². The van der Waals surface area contributed by atoms with Crippen molar-refractivity contribution in [1.29, 1.82) is 0 Å². The Labute approximate surface area is 181 Å². The fourth-order valence-electron chi connectivity index (χ4n) is 3.56. The molecule has 0 aliphatic heterocycles. The molecule has 154 valence electrons. The second-order valence-corrected chi connectivity index (χ2v) is 9.02. The molecule has 1 aromatic carbocycles. The first-order valence-corrected chi connectivity index (χ1v) is 10.9. The van der Waals surface area contributed by atoms with Gasteiger partial charge in [0.15, 0.2) is 5.96 Å². The molecule has 0 radical (unpaired) electrons. The summed E-state index contributed by atoms with van der Waals surface area (Å²) in [5.41, 5.74) is 0.894. The van der Waals surface area contributed by atoms with Crippen LogP contribution in [0.5, 0.6) is 0 Å². The number of benzene rings is 1. The van der Waals surface area contributed by atoms with Crippen LogP contribution in [-0.2, 0) is 16.6 Å². The van der Waals surface area contributed by atoms with Gasteiger partial charge in [0.05, 0.1) is 4.90 Å². The third-order valence-electron chi connectivity index (χ3n) is 5.05. The highest BCUT2D eigenvalue weighted by Gasteiger charge is 2.18. The minimum absolute atomic E-state index is 0. The molecule has 0 spiro atoms. The van der Waals surface area contributed by atoms with E-state index in [-0.39, 0.29) is 28.9 Å². The van der Waals surface area contributed by atoms with Crippen molar-refractivity contribution in [3.8, 4) is 0 Å². The Morgan fingerprint density at radius 3 is 2.70 bits per heavy atom. The minimum atomic E-state index is -3.42. The Balaban J connectivity index is 0.00000364. The zero-order valence-electron chi connectivity index (χ0n) is 16.5. The Morgan fingerprint density at radius 2 is 2.04 bits per heavy atom. The third-order valence-corrected chi connectivity index (χ3v) is 6.46. The van der Waals surface area contributed by atoms with Crippen LogP contribution in [0.1, 0.15) is 44.6 Å². The second-order valence-electron chi connectivity index (χ2n) is 7.13. The lowest BCUT2D eigenvalue weighted by atomic mass is 9.81. The molecule has 1 fully saturated rings. The summed E-state index contributed by atoms with van der Waals surface area (Å²) in [6.45, 7) is 3.78. The number of sulfonamides is 1. The van der Waals surface area contributed by atoms with Gasteiger partial charge >= 0.3 is 0 Å². The SMILES string of the molecule is CN=C(NCCC1CCCC(C)C1)NCc1cccc(S(=O)(=O)NC)c1.I. The number of hydrogen-bond acceptors (Lipinski definition) is 3. The van der Waals surface area contributed by atoms with Crippen LogP contribution in [0.3, 0.4) is 0 Å². The van der Waals surface area contributed by atoms with Gasteiger partial charge in [0, 0.05) is 20.1 Å². The van der Waals surface area contributed by atoms with Crippen molar-refractivity contribution >= 4 is 40.0 Å². The molecule has 3 N–H and O–H groups in total. The monoisotopic (exact) mass is 508 g/mol. The van der Waals surface area contributed by atoms with Gasteiger partial charge in [-0.05, 0) is 49.4 Å². The van der Waals surface area contributed by atoms with Crippen molar-refractivity contribution in [2.45, 2.75) is 50.5 Å². The average Bonchev–Trinajstić information content (AvgIpc) is 2.65. The Hall–Kier alpha value is -0.870. The van der Waals surface area contributed by atoms with Crippen LogP contribution >= 0.6 is 24.0 Å². The molecule has 1 aromatic rings. The number of nitrogens with one attached hydrogen (secondary N) is 3. The van der Waals surface area contributed by atoms with Crippen molar-refractivity contribution in [1.82, 2.24) is 15.4 Å². The van der Waals surface area contributed by atoms with Crippen molar-refractivity contribution in [2.75, 3.05) is 20.6 Å². The zero-order chi connectivity index (χ0) is 19.0. The fourth-order valence-corrected chi connectivity index (χ4v) is 4.36. The van der Waals surface area contributed by atoms with Gasteiger partial charge in [0.25, 0.3) is 0 Å². The lowest BCUT2D eigenvalue weighted by Gasteiger charge is -2.26. The number of hydrogen-bond donors (Lipinski definition) is 3. The van der Waals surface area contributed by atoms with E-state index in [2.05, 4.69) is 27.3 Å². The lowest BCUT2D eigenvalue weighted by Crippen LogP contribution is -2.38. The highest BCUT2D eigenvalue weighted by molar-refractivity contribution is 14.0. The summed E-state index contributed by atoms with van der Waals surface area (Å²) in [6, 6.07) is 6.92. The van der Waals surface area contributed by atoms with E-state index in [1.807, 2.05) is 6.07 Å². The van der Waals surface area contributed by atoms with E-state index >= 15 is 0 Å². The Morgan fingerprint density at radius 1 is 1.26 bits per heavy atom. The van der Waals surface area contributed by atoms with Gasteiger partial charge in [0.2, 0.25) is 10.0 Å². The number of halogens is 1. The van der Waals surface area contributed by atoms with Crippen LogP contribution in [0.25, 0.3) is 0 Å². The smallest absolute Gasteiger partial charge is 0.240 e. The summed E-state index contributed by atoms with van der Waals surface area (Å²) in [7, 11) is -0.254. The molecule has 2 unspecified atom stereocenters. The number of nitrogens with zero attached hydrogens (tertiary/aromatic N) is 1. The summed E-state index contributed by atoms with van der Waals surface area (Å²) < 4.78 is 26.1. The number of aliphatic imine (C=N–C) groups is 1. The Bertz CT molecular complexity index is 709. The molecule has 1 aliphatic rings. The molecule has 0 saturated heterocycles. The number of guanidine groups is 1. The maximum absolute atomic E-state index is 11.9. The first-order valence-electron chi connectivity index (χ1n) is 9.41. The minimum Gasteiger partial charge on any atom is -0.356 e. The molecule has 8 heteroatoms. The summed E-state index contributed by atoms with van der Waals surface area (Å²) >= 11 is 0. The quantitative estimate of drug-likeness (QED) is 0.301. The molecule has 0 aromatic heterocycles. The molecule has 1 saturated carbocycles. The van der Waals surface area contributed by atoms with E-state index in [1.54, 1.807) is 25.2 Å². The van der Waals surface area contributed by atoms with Crippen LogP contribution in [0.2, 0.25) is 0 Å². The van der Waals surface area contributed by atoms with Gasteiger partial charge in [-0.2, -0.15) is 0 Å². The first-order chi connectivity index (χ1) is 12.4. The molecular weight excluding hydrogens is 475 g/mol. The van der Waals surface area contributed by atoms with Crippen LogP contribution in [0.4, 0.5) is 0 Å². The molecular formula is C19H33IN4O2S. The van der Waals surface area contributed by atoms with E-state index in [4.69, 9.17) is 0 Å². The van der Waals surface area contributed by atoms with Crippen molar-refractivity contribution < 1.29 is 8.42 Å². The van der Waals surface area contributed by atoms with Gasteiger partial charge in [-0.25, -0.2) is 13.1 Å². The highest BCUT2D eigenvalue weighted by atomic mass is 127. The van der Waals surface area contributed by atoms with Crippen LogP contribution < -0.4 is 15.4 Å². The molecule has 2 atom stereocenters. The van der Waals surface area contributed by atoms with Crippen molar-refractivity contribution in [2.24, 2.45) is 16.8 Å². The summed E-state index contributed by atoms with van der Waals surface area (Å²) in [6.07, 6.45) is 6.56. The normalized spacial score (nSPS) is 20.6. The zero-order valence-corrected chi connectivity index (χ0v) is 19.6. The lowest BCUT2D eigenvalue weighted by molar-refractivity contribution is 0.270. The molecule has 1 aliphatic carbocycles. The molecule has 0 bridgehead atoms. The summed E-state index contributed by atoms with van der Waals surface area (Å²) in [5, 5.41) is 6.62. The fraction of sp³-hybridized carbons (Fsp3) is 0.632. The van der Waals surface area contributed by atoms with E-state index in [0.29, 0.717) is 6.54 Å². The first kappa shape index (κ1) is 24.2. The average molecular weight is 508 g/mol. The van der Waals surface area contributed by atoms with Gasteiger partial charge in [-0.1, -0.05) is 38.3 Å². The van der Waals surface area contributed by atoms with E-state index < -0.39 is 10.0 Å². The van der Waals surface area contributed by atoms with Crippen LogP contribution in [-0.4, -0.2) is 35.0 Å². The van der Waals surface area contributed by atoms with Gasteiger partial charge in [-0.3, -0.25) is 4.99 Å². The molecule has 0 amide bonds. The van der Waals surface area contributed by atoms with Gasteiger partial charge < -0.3 is 10.6 Å². The van der Waals surface area contributed by atoms with Crippen LogP contribution in [0.15, 0.2) is 34.2 Å². The van der Waals surface area contributed by atoms with Crippen molar-refractivity contribution in [3.63, 3.8) is 0 Å². The molecule has 0 heterocycles. The standard InChI is InChI=1S/C19H32N4O2S.HI/c1-15-6-4-7-16(12-15)10-11-22-19(20-2)23-14-17-8-5-9-18(13-17)26(24,25)21-3;/h5,8-9,13,15-16,21H,4,6-7,10-12,14H2,1-3H3,(H2,20,22,23);1H. The predicted molar refractivity (Wildman–Crippen MR) is 122 cm³/mol. The van der Waals surface area contributed by atoms with Gasteiger partial charge in [-0.15, -0.1) is 24.0 Å². The van der Waals surface area contributed by atoms with Gasteiger partial charge in [0.1, 0.15) is 0 Å². The second kappa shape index (κ2) is 11.9. The summed E-state index contributed by atoms with van der Waals surface area (Å²) in [5.74, 6) is 2.41. The van der Waals surface area contributed by atoms with E-state index in [0.717, 1.165) is 29.9 Å². The molecule has 27 heavy (non-hydrogen) atoms. The van der Waals surface area contributed by atoms with Crippen molar-refractivity contribution in [3.05, 3.63) is 29.8 Å². The molecule has 2 rings (SSSR count). The third kappa shape index (κ3) is 7.95.